The van der Waals surface area contributed by atoms with Crippen LogP contribution < -0.4 is 9.88 Å². The molecule has 1 N–H and O–H groups in total. The Labute approximate surface area is 203 Å². The summed E-state index contributed by atoms with van der Waals surface area (Å²) in [6, 6.07) is 6.67. The molecule has 4 heteroatoms. The molecular formula is C29H42N3P. The van der Waals surface area contributed by atoms with Crippen molar-refractivity contribution in [3.63, 3.8) is 0 Å². The van der Waals surface area contributed by atoms with Crippen LogP contribution in [0.1, 0.15) is 92.2 Å². The van der Waals surface area contributed by atoms with Crippen LogP contribution in [0.15, 0.2) is 60.3 Å². The summed E-state index contributed by atoms with van der Waals surface area (Å²) in [6.45, 7) is 23.2. The molecule has 33 heavy (non-hydrogen) atoms. The largest absolute Gasteiger partial charge is 0.354 e. The average molecular weight is 464 g/mol. The molecule has 178 valence electrons. The van der Waals surface area contributed by atoms with Gasteiger partial charge in [-0.2, -0.15) is 0 Å². The summed E-state index contributed by atoms with van der Waals surface area (Å²) < 4.78 is 4.22. The van der Waals surface area contributed by atoms with Gasteiger partial charge in [-0.1, -0.05) is 101 Å². The van der Waals surface area contributed by atoms with Crippen LogP contribution in [0.25, 0.3) is 11.5 Å². The van der Waals surface area contributed by atoms with Gasteiger partial charge in [0.15, 0.2) is 0 Å². The molecular weight excluding hydrogens is 421 g/mol. The Kier molecular flexibility index (Phi) is 7.44. The third-order valence-electron chi connectivity index (χ3n) is 5.94. The van der Waals surface area contributed by atoms with Crippen molar-refractivity contribution < 1.29 is 4.57 Å². The normalized spacial score (nSPS) is 16.2. The Morgan fingerprint density at radius 3 is 2.06 bits per heavy atom. The van der Waals surface area contributed by atoms with E-state index >= 15 is 0 Å². The van der Waals surface area contributed by atoms with Crippen LogP contribution in [0.2, 0.25) is 0 Å². The lowest BCUT2D eigenvalue weighted by atomic mass is 9.92. The van der Waals surface area contributed by atoms with Gasteiger partial charge in [0.25, 0.3) is 6.33 Å². The zero-order chi connectivity index (χ0) is 24.6. The minimum absolute atomic E-state index is 0.244. The van der Waals surface area contributed by atoms with E-state index < -0.39 is 0 Å². The number of aromatic nitrogens is 2. The highest BCUT2D eigenvalue weighted by molar-refractivity contribution is 7.64. The van der Waals surface area contributed by atoms with Gasteiger partial charge in [0.1, 0.15) is 5.82 Å². The molecule has 3 nitrogen and oxygen atoms in total. The Hall–Kier alpha value is -2.12. The standard InChI is InChI=1S/C29H42N3P/c1-21(2)24-14-12-15-25(22(3)4)27(24)32-18-17-31(20-32)26-16-11-13-23(30-26)19-33(28(5,6)7)29(8,9)10/h11-19,21-22,30H,1-10H3/b23-19-. The van der Waals surface area contributed by atoms with E-state index in [1.165, 1.54) is 22.5 Å². The van der Waals surface area contributed by atoms with Gasteiger partial charge in [0, 0.05) is 18.1 Å². The van der Waals surface area contributed by atoms with Gasteiger partial charge in [-0.25, -0.2) is 0 Å². The fourth-order valence-corrected chi connectivity index (χ4v) is 7.80. The predicted molar refractivity (Wildman–Crippen MR) is 144 cm³/mol. The monoisotopic (exact) mass is 463 g/mol. The average Bonchev–Trinajstić information content (AvgIpc) is 3.20. The molecule has 1 aromatic heterocycles. The van der Waals surface area contributed by atoms with Crippen molar-refractivity contribution >= 4 is 13.7 Å². The van der Waals surface area contributed by atoms with Crippen LogP contribution in [0.5, 0.6) is 0 Å². The molecule has 0 radical (unpaired) electrons. The molecule has 0 saturated carbocycles. The summed E-state index contributed by atoms with van der Waals surface area (Å²) in [6.07, 6.45) is 14.2. The first kappa shape index (κ1) is 25.5. The number of benzene rings is 1. The highest BCUT2D eigenvalue weighted by atomic mass is 31.1. The lowest BCUT2D eigenvalue weighted by molar-refractivity contribution is -0.600. The Morgan fingerprint density at radius 2 is 1.55 bits per heavy atom. The second-order valence-corrected chi connectivity index (χ2v) is 15.2. The molecule has 1 aromatic carbocycles. The number of allylic oxidation sites excluding steroid dienone is 3. The zero-order valence-electron chi connectivity index (χ0n) is 22.2. The van der Waals surface area contributed by atoms with Crippen LogP contribution in [0.3, 0.4) is 0 Å². The number of hydrogen-bond donors (Lipinski definition) is 1. The number of para-hydroxylation sites is 1. The Morgan fingerprint density at radius 1 is 0.970 bits per heavy atom. The van der Waals surface area contributed by atoms with Gasteiger partial charge in [-0.15, -0.1) is 0 Å². The van der Waals surface area contributed by atoms with E-state index in [9.17, 15) is 0 Å². The van der Waals surface area contributed by atoms with E-state index in [4.69, 9.17) is 0 Å². The van der Waals surface area contributed by atoms with E-state index in [1.807, 2.05) is 0 Å². The molecule has 1 aliphatic heterocycles. The fourth-order valence-electron chi connectivity index (χ4n) is 4.59. The lowest BCUT2D eigenvalue weighted by Gasteiger charge is -2.40. The number of rotatable bonds is 5. The summed E-state index contributed by atoms with van der Waals surface area (Å²) in [5.41, 5.74) is 5.13. The molecule has 0 saturated heterocycles. The van der Waals surface area contributed by atoms with Crippen LogP contribution in [0, 0.1) is 6.33 Å². The first-order valence-corrected chi connectivity index (χ1v) is 13.5. The van der Waals surface area contributed by atoms with Crippen molar-refractivity contribution in [3.05, 3.63) is 77.8 Å². The summed E-state index contributed by atoms with van der Waals surface area (Å²) in [4.78, 5) is 0. The molecule has 3 rings (SSSR count). The zero-order valence-corrected chi connectivity index (χ0v) is 23.1. The van der Waals surface area contributed by atoms with E-state index in [1.54, 1.807) is 0 Å². The summed E-state index contributed by atoms with van der Waals surface area (Å²) in [5, 5.41) is 4.14. The summed E-state index contributed by atoms with van der Waals surface area (Å²) in [7, 11) is -0.336. The van der Waals surface area contributed by atoms with Gasteiger partial charge in [0.2, 0.25) is 0 Å². The van der Waals surface area contributed by atoms with Gasteiger partial charge in [-0.05, 0) is 51.2 Å². The minimum Gasteiger partial charge on any atom is -0.354 e. The van der Waals surface area contributed by atoms with Gasteiger partial charge < -0.3 is 5.32 Å². The van der Waals surface area contributed by atoms with Gasteiger partial charge in [-0.3, -0.25) is 9.13 Å². The number of nitrogens with one attached hydrogen (secondary N) is 1. The summed E-state index contributed by atoms with van der Waals surface area (Å²) >= 11 is 0. The Balaban J connectivity index is 1.96. The maximum atomic E-state index is 3.65. The van der Waals surface area contributed by atoms with E-state index in [0.29, 0.717) is 11.8 Å². The molecule has 2 aromatic rings. The van der Waals surface area contributed by atoms with Crippen molar-refractivity contribution in [3.8, 4) is 5.69 Å². The smallest absolute Gasteiger partial charge is 0.270 e. The molecule has 0 fully saturated rings. The van der Waals surface area contributed by atoms with Crippen molar-refractivity contribution in [1.82, 2.24) is 9.88 Å². The number of imidazole rings is 1. The molecule has 0 spiro atoms. The van der Waals surface area contributed by atoms with Crippen molar-refractivity contribution in [1.29, 1.82) is 0 Å². The van der Waals surface area contributed by atoms with Crippen LogP contribution in [-0.4, -0.2) is 14.9 Å². The molecule has 2 heterocycles. The van der Waals surface area contributed by atoms with Crippen LogP contribution >= 0.6 is 7.92 Å². The molecule has 0 amide bonds. The maximum absolute atomic E-state index is 3.65. The van der Waals surface area contributed by atoms with Crippen LogP contribution in [0.4, 0.5) is 0 Å². The predicted octanol–water partition coefficient (Wildman–Crippen LogP) is 7.69. The first-order chi connectivity index (χ1) is 15.3. The first-order valence-electron chi connectivity index (χ1n) is 12.1. The molecule has 1 aliphatic rings. The highest BCUT2D eigenvalue weighted by Gasteiger charge is 2.33. The van der Waals surface area contributed by atoms with Gasteiger partial charge in [0.05, 0.1) is 5.69 Å². The molecule has 0 aliphatic carbocycles. The van der Waals surface area contributed by atoms with E-state index in [2.05, 4.69) is 145 Å². The third kappa shape index (κ3) is 5.87. The molecule has 0 unspecified atom stereocenters. The second kappa shape index (κ2) is 9.63. The van der Waals surface area contributed by atoms with Crippen molar-refractivity contribution in [2.24, 2.45) is 0 Å². The summed E-state index contributed by atoms with van der Waals surface area (Å²) in [5.74, 6) is 4.37. The van der Waals surface area contributed by atoms with E-state index in [0.717, 1.165) is 5.82 Å². The number of nitrogens with zero attached hydrogens (tertiary/aromatic N) is 2. The fraction of sp³-hybridized carbons (Fsp3) is 0.483. The minimum atomic E-state index is -0.336. The maximum Gasteiger partial charge on any atom is 0.270 e. The van der Waals surface area contributed by atoms with Crippen molar-refractivity contribution in [2.75, 3.05) is 0 Å². The van der Waals surface area contributed by atoms with Crippen LogP contribution in [-0.2, 0) is 0 Å². The lowest BCUT2D eigenvalue weighted by Crippen LogP contribution is -2.33. The molecule has 0 bridgehead atoms. The van der Waals surface area contributed by atoms with Crippen molar-refractivity contribution in [2.45, 2.75) is 91.4 Å². The second-order valence-electron chi connectivity index (χ2n) is 11.6. The topological polar surface area (TPSA) is 20.8 Å². The number of dihydropyridines is 1. The SMILES string of the molecule is CC(C)c1cccc(C(C)C)c1-[n+]1[c-]n(C2=CC=C/C(=C/P(C(C)(C)C)C(C)(C)C)N2)cc1. The highest BCUT2D eigenvalue weighted by Crippen LogP contribution is 2.60. The quantitative estimate of drug-likeness (QED) is 0.274. The Bertz CT molecular complexity index is 1030. The third-order valence-corrected chi connectivity index (χ3v) is 9.37. The number of hydrogen-bond acceptors (Lipinski definition) is 1. The van der Waals surface area contributed by atoms with E-state index in [-0.39, 0.29) is 18.2 Å². The molecule has 0 atom stereocenters. The van der Waals surface area contributed by atoms with Gasteiger partial charge >= 0.3 is 0 Å².